The van der Waals surface area contributed by atoms with E-state index in [0.717, 1.165) is 15.4 Å². The summed E-state index contributed by atoms with van der Waals surface area (Å²) in [5, 5.41) is 12.3. The largest absolute Gasteiger partial charge is 0.465 e. The third-order valence-electron chi connectivity index (χ3n) is 7.21. The molecule has 11 heteroatoms. The third-order valence-corrected chi connectivity index (χ3v) is 9.02. The number of hydrogen-bond acceptors (Lipinski definition) is 7. The van der Waals surface area contributed by atoms with Gasteiger partial charge in [-0.1, -0.05) is 54.6 Å². The minimum absolute atomic E-state index is 0.0341. The molecule has 0 saturated heterocycles. The summed E-state index contributed by atoms with van der Waals surface area (Å²) in [7, 11) is -4.28. The number of sulfonamides is 1. The van der Waals surface area contributed by atoms with Crippen LogP contribution in [0.5, 0.6) is 0 Å². The van der Waals surface area contributed by atoms with Gasteiger partial charge in [0.1, 0.15) is 17.3 Å². The lowest BCUT2D eigenvalue weighted by atomic mass is 10.0. The van der Waals surface area contributed by atoms with E-state index in [1.807, 2.05) is 6.92 Å². The van der Waals surface area contributed by atoms with Gasteiger partial charge < -0.3 is 15.8 Å². The molecule has 44 heavy (non-hydrogen) atoms. The molecule has 0 saturated carbocycles. The molecular weight excluding hydrogens is 578 g/mol. The van der Waals surface area contributed by atoms with Crippen LogP contribution in [0, 0.1) is 12.3 Å². The number of esters is 1. The predicted octanol–water partition coefficient (Wildman–Crippen LogP) is 4.67. The first-order chi connectivity index (χ1) is 21.1. The summed E-state index contributed by atoms with van der Waals surface area (Å²) in [6, 6.07) is 23.8. The minimum Gasteiger partial charge on any atom is -0.465 e. The lowest BCUT2D eigenvalue weighted by molar-refractivity contribution is -0.141. The number of carbonyl (C=O) groups is 2. The van der Waals surface area contributed by atoms with Gasteiger partial charge in [-0.05, 0) is 66.1 Å². The number of benzene rings is 4. The molecule has 0 aliphatic heterocycles. The molecule has 224 valence electrons. The highest BCUT2D eigenvalue weighted by Crippen LogP contribution is 2.32. The first-order valence-corrected chi connectivity index (χ1v) is 15.3. The monoisotopic (exact) mass is 609 g/mol. The molecule has 1 aromatic heterocycles. The second-order valence-corrected chi connectivity index (χ2v) is 11.9. The Labute approximate surface area is 255 Å². The van der Waals surface area contributed by atoms with E-state index in [1.54, 1.807) is 92.0 Å². The number of pyridine rings is 1. The lowest BCUT2D eigenvalue weighted by Crippen LogP contribution is -2.36. The topological polar surface area (TPSA) is 156 Å². The molecule has 0 radical (unpaired) electrons. The number of rotatable bonds is 10. The number of carbonyl (C=O) groups excluding carboxylic acids is 2. The van der Waals surface area contributed by atoms with E-state index in [0.29, 0.717) is 32.8 Å². The van der Waals surface area contributed by atoms with Crippen molar-refractivity contribution in [2.24, 2.45) is 5.73 Å². The highest BCUT2D eigenvalue weighted by atomic mass is 32.2. The van der Waals surface area contributed by atoms with Gasteiger partial charge in [0.2, 0.25) is 0 Å². The average molecular weight is 610 g/mol. The Morgan fingerprint density at radius 1 is 0.977 bits per heavy atom. The molecule has 1 heterocycles. The average Bonchev–Trinajstić information content (AvgIpc) is 3.02. The van der Waals surface area contributed by atoms with E-state index in [4.69, 9.17) is 15.9 Å². The van der Waals surface area contributed by atoms with Crippen molar-refractivity contribution in [3.05, 3.63) is 113 Å². The van der Waals surface area contributed by atoms with Crippen LogP contribution in [0.25, 0.3) is 21.7 Å². The fraction of sp³-hybridized carbons (Fsp3) is 0.152. The predicted molar refractivity (Wildman–Crippen MR) is 170 cm³/mol. The van der Waals surface area contributed by atoms with Crippen molar-refractivity contribution >= 4 is 55.1 Å². The number of ether oxygens (including phenoxy) is 1. The summed E-state index contributed by atoms with van der Waals surface area (Å²) in [6.45, 7) is 3.33. The van der Waals surface area contributed by atoms with Crippen molar-refractivity contribution in [2.75, 3.05) is 17.5 Å². The Balaban J connectivity index is 1.50. The van der Waals surface area contributed by atoms with Crippen molar-refractivity contribution in [1.82, 2.24) is 10.3 Å². The minimum atomic E-state index is -4.28. The van der Waals surface area contributed by atoms with Crippen molar-refractivity contribution in [3.63, 3.8) is 0 Å². The van der Waals surface area contributed by atoms with Gasteiger partial charge >= 0.3 is 5.97 Å². The second kappa shape index (κ2) is 12.5. The van der Waals surface area contributed by atoms with Crippen LogP contribution in [-0.4, -0.2) is 44.3 Å². The van der Waals surface area contributed by atoms with Crippen LogP contribution in [0.2, 0.25) is 0 Å². The standard InChI is InChI=1S/C33H31N5O5S/c1-3-43-30(39)20-38(44(41,42)29-9-5-7-26-21(2)16-17-36-31(26)29)25-14-15-27-24(18-25)6-4-8-28(27)33(40)37-19-22-10-12-23(13-11-22)32(34)35/h4-18H,3,19-20H2,1-2H3,(H3,34,35)(H,37,40). The summed E-state index contributed by atoms with van der Waals surface area (Å²) >= 11 is 0. The van der Waals surface area contributed by atoms with Gasteiger partial charge in [-0.3, -0.25) is 24.3 Å². The maximum absolute atomic E-state index is 14.2. The fourth-order valence-electron chi connectivity index (χ4n) is 4.96. The number of anilines is 1. The Hall–Kier alpha value is -5.29. The highest BCUT2D eigenvalue weighted by molar-refractivity contribution is 7.93. The molecule has 0 fully saturated rings. The Morgan fingerprint density at radius 2 is 1.73 bits per heavy atom. The number of nitrogens with one attached hydrogen (secondary N) is 2. The van der Waals surface area contributed by atoms with Gasteiger partial charge in [-0.2, -0.15) is 0 Å². The maximum atomic E-state index is 14.2. The van der Waals surface area contributed by atoms with Gasteiger partial charge in [-0.15, -0.1) is 0 Å². The molecular formula is C33H31N5O5S. The van der Waals surface area contributed by atoms with Gasteiger partial charge in [0.05, 0.1) is 17.8 Å². The summed E-state index contributed by atoms with van der Waals surface area (Å²) in [6.07, 6.45) is 1.55. The molecule has 5 aromatic rings. The summed E-state index contributed by atoms with van der Waals surface area (Å²) in [4.78, 5) is 30.2. The van der Waals surface area contributed by atoms with Gasteiger partial charge in [-0.25, -0.2) is 8.42 Å². The SMILES string of the molecule is CCOC(=O)CN(c1ccc2c(C(=O)NCc3ccc(C(=N)N)cc3)cccc2c1)S(=O)(=O)c1cccc2c(C)ccnc12. The van der Waals surface area contributed by atoms with E-state index in [-0.39, 0.29) is 35.5 Å². The summed E-state index contributed by atoms with van der Waals surface area (Å²) < 4.78 is 34.5. The highest BCUT2D eigenvalue weighted by Gasteiger charge is 2.30. The molecule has 0 aliphatic rings. The number of amides is 1. The van der Waals surface area contributed by atoms with E-state index < -0.39 is 22.5 Å². The smallest absolute Gasteiger partial charge is 0.326 e. The van der Waals surface area contributed by atoms with Crippen molar-refractivity contribution in [1.29, 1.82) is 5.41 Å². The van der Waals surface area contributed by atoms with E-state index in [1.165, 1.54) is 6.07 Å². The van der Waals surface area contributed by atoms with Crippen LogP contribution in [0.15, 0.2) is 96.0 Å². The van der Waals surface area contributed by atoms with Gasteiger partial charge in [0, 0.05) is 29.3 Å². The molecule has 5 rings (SSSR count). The molecule has 4 N–H and O–H groups in total. The van der Waals surface area contributed by atoms with Gasteiger partial charge in [0.15, 0.2) is 0 Å². The number of aromatic nitrogens is 1. The van der Waals surface area contributed by atoms with Crippen molar-refractivity contribution < 1.29 is 22.7 Å². The zero-order chi connectivity index (χ0) is 31.4. The van der Waals surface area contributed by atoms with Gasteiger partial charge in [0.25, 0.3) is 15.9 Å². The first-order valence-electron chi connectivity index (χ1n) is 13.9. The summed E-state index contributed by atoms with van der Waals surface area (Å²) in [5.74, 6) is -1.05. The van der Waals surface area contributed by atoms with Crippen LogP contribution < -0.4 is 15.4 Å². The van der Waals surface area contributed by atoms with Crippen LogP contribution in [0.4, 0.5) is 5.69 Å². The number of nitrogens with zero attached hydrogens (tertiary/aromatic N) is 2. The zero-order valence-corrected chi connectivity index (χ0v) is 25.0. The van der Waals surface area contributed by atoms with E-state index >= 15 is 0 Å². The van der Waals surface area contributed by atoms with Crippen LogP contribution >= 0.6 is 0 Å². The Morgan fingerprint density at radius 3 is 2.45 bits per heavy atom. The maximum Gasteiger partial charge on any atom is 0.326 e. The lowest BCUT2D eigenvalue weighted by Gasteiger charge is -2.24. The molecule has 0 aliphatic carbocycles. The zero-order valence-electron chi connectivity index (χ0n) is 24.2. The third kappa shape index (κ3) is 6.09. The molecule has 0 spiro atoms. The number of amidine groups is 1. The van der Waals surface area contributed by atoms with Crippen LogP contribution in [0.3, 0.4) is 0 Å². The molecule has 0 atom stereocenters. The number of fused-ring (bicyclic) bond motifs is 2. The normalized spacial score (nSPS) is 11.3. The van der Waals surface area contributed by atoms with E-state index in [2.05, 4.69) is 10.3 Å². The second-order valence-electron chi connectivity index (χ2n) is 10.1. The number of aryl methyl sites for hydroxylation is 1. The fourth-order valence-corrected chi connectivity index (χ4v) is 6.52. The van der Waals surface area contributed by atoms with Crippen LogP contribution in [0.1, 0.15) is 34.0 Å². The number of nitrogens with two attached hydrogens (primary N) is 1. The van der Waals surface area contributed by atoms with Crippen LogP contribution in [-0.2, 0) is 26.1 Å². The Bertz CT molecular complexity index is 2010. The number of nitrogen functional groups attached to an aromatic ring is 1. The molecule has 4 aromatic carbocycles. The molecule has 0 bridgehead atoms. The molecule has 1 amide bonds. The number of hydrogen-bond donors (Lipinski definition) is 3. The van der Waals surface area contributed by atoms with Crippen molar-refractivity contribution in [2.45, 2.75) is 25.3 Å². The number of para-hydroxylation sites is 1. The van der Waals surface area contributed by atoms with E-state index in [9.17, 15) is 18.0 Å². The Kier molecular flexibility index (Phi) is 8.59. The summed E-state index contributed by atoms with van der Waals surface area (Å²) in [5.41, 5.74) is 8.76. The molecule has 10 nitrogen and oxygen atoms in total. The quantitative estimate of drug-likeness (QED) is 0.118. The molecule has 0 unspecified atom stereocenters. The van der Waals surface area contributed by atoms with Crippen molar-refractivity contribution in [3.8, 4) is 0 Å². The first kappa shape index (κ1) is 30.2.